The van der Waals surface area contributed by atoms with E-state index >= 15 is 0 Å². The Hall–Kier alpha value is -1.22. The first-order valence-electron chi connectivity index (χ1n) is 4.31. The number of thioether (sulfide) groups is 1. The molecule has 74 valence electrons. The van der Waals surface area contributed by atoms with E-state index in [1.54, 1.807) is 0 Å². The molecule has 0 atom stereocenters. The van der Waals surface area contributed by atoms with E-state index in [9.17, 15) is 4.79 Å². The average Bonchev–Trinajstić information content (AvgIpc) is 2.16. The van der Waals surface area contributed by atoms with E-state index < -0.39 is 0 Å². The smallest absolute Gasteiger partial charge is 0.283 e. The van der Waals surface area contributed by atoms with Crippen LogP contribution in [0.25, 0.3) is 0 Å². The van der Waals surface area contributed by atoms with Gasteiger partial charge < -0.3 is 5.32 Å². The number of nitrogens with one attached hydrogen (secondary N) is 1. The molecular formula is C11H13NOS. The molecule has 1 aromatic rings. The minimum atomic E-state index is -0.0424. The molecule has 1 N–H and O–H groups in total. The lowest BCUT2D eigenvalue weighted by Gasteiger charge is -2.03. The third-order valence-electron chi connectivity index (χ3n) is 1.47. The summed E-state index contributed by atoms with van der Waals surface area (Å²) in [7, 11) is 0. The van der Waals surface area contributed by atoms with Crippen LogP contribution in [0.2, 0.25) is 0 Å². The molecule has 2 nitrogen and oxygen atoms in total. The number of hydrogen-bond donors (Lipinski definition) is 1. The van der Waals surface area contributed by atoms with E-state index in [1.165, 1.54) is 11.8 Å². The first-order chi connectivity index (χ1) is 6.68. The quantitative estimate of drug-likeness (QED) is 0.768. The summed E-state index contributed by atoms with van der Waals surface area (Å²) >= 11 is 1.23. The van der Waals surface area contributed by atoms with Crippen molar-refractivity contribution in [2.24, 2.45) is 0 Å². The second-order valence-electron chi connectivity index (χ2n) is 3.02. The predicted octanol–water partition coefficient (Wildman–Crippen LogP) is 3.53. The van der Waals surface area contributed by atoms with Crippen molar-refractivity contribution in [2.75, 3.05) is 11.1 Å². The standard InChI is InChI=1S/C11H13NOS/c1-9(2)8-14-11(13)12-10-6-4-3-5-7-10/h3-7H,1,8H2,2H3,(H,12,13). The van der Waals surface area contributed by atoms with Gasteiger partial charge in [0.1, 0.15) is 0 Å². The van der Waals surface area contributed by atoms with E-state index in [4.69, 9.17) is 0 Å². The first-order valence-corrected chi connectivity index (χ1v) is 5.30. The lowest BCUT2D eigenvalue weighted by molar-refractivity contribution is 0.270. The molecule has 0 saturated carbocycles. The molecule has 14 heavy (non-hydrogen) atoms. The summed E-state index contributed by atoms with van der Waals surface area (Å²) < 4.78 is 0. The molecule has 0 spiro atoms. The molecule has 0 radical (unpaired) electrons. The SMILES string of the molecule is C=C(C)CSC(=O)Nc1ccccc1. The van der Waals surface area contributed by atoms with E-state index in [0.717, 1.165) is 11.3 Å². The van der Waals surface area contributed by atoms with Crippen molar-refractivity contribution in [3.8, 4) is 0 Å². The van der Waals surface area contributed by atoms with Crippen LogP contribution in [0, 0.1) is 0 Å². The number of carbonyl (C=O) groups excluding carboxylic acids is 1. The third-order valence-corrected chi connectivity index (χ3v) is 2.47. The maximum Gasteiger partial charge on any atom is 0.283 e. The molecule has 1 amide bonds. The summed E-state index contributed by atoms with van der Waals surface area (Å²) in [5.74, 6) is 0.665. The van der Waals surface area contributed by atoms with Crippen molar-refractivity contribution in [3.63, 3.8) is 0 Å². The molecule has 1 rings (SSSR count). The fraction of sp³-hybridized carbons (Fsp3) is 0.182. The van der Waals surface area contributed by atoms with E-state index in [2.05, 4.69) is 11.9 Å². The van der Waals surface area contributed by atoms with E-state index in [1.807, 2.05) is 37.3 Å². The summed E-state index contributed by atoms with van der Waals surface area (Å²) in [5, 5.41) is 2.74. The molecular weight excluding hydrogens is 194 g/mol. The van der Waals surface area contributed by atoms with Gasteiger partial charge in [0.25, 0.3) is 5.24 Å². The second kappa shape index (κ2) is 5.50. The van der Waals surface area contributed by atoms with Gasteiger partial charge >= 0.3 is 0 Å². The molecule has 0 aliphatic rings. The van der Waals surface area contributed by atoms with Crippen LogP contribution in [0.1, 0.15) is 6.92 Å². The maximum absolute atomic E-state index is 11.3. The van der Waals surface area contributed by atoms with Crippen LogP contribution in [-0.2, 0) is 0 Å². The van der Waals surface area contributed by atoms with Crippen LogP contribution >= 0.6 is 11.8 Å². The third kappa shape index (κ3) is 4.14. The minimum Gasteiger partial charge on any atom is -0.317 e. The molecule has 1 aromatic carbocycles. The van der Waals surface area contributed by atoms with Crippen molar-refractivity contribution in [3.05, 3.63) is 42.5 Å². The molecule has 0 aromatic heterocycles. The Kier molecular flexibility index (Phi) is 4.26. The molecule has 0 bridgehead atoms. The van der Waals surface area contributed by atoms with Crippen LogP contribution in [0.4, 0.5) is 10.5 Å². The fourth-order valence-electron chi connectivity index (χ4n) is 0.864. The lowest BCUT2D eigenvalue weighted by Crippen LogP contribution is -2.05. The number of carbonyl (C=O) groups is 1. The zero-order valence-electron chi connectivity index (χ0n) is 8.12. The zero-order valence-corrected chi connectivity index (χ0v) is 8.93. The number of benzene rings is 1. The number of rotatable bonds is 3. The number of hydrogen-bond acceptors (Lipinski definition) is 2. The Morgan fingerprint density at radius 2 is 2.07 bits per heavy atom. The van der Waals surface area contributed by atoms with Crippen molar-refractivity contribution < 1.29 is 4.79 Å². The lowest BCUT2D eigenvalue weighted by atomic mass is 10.3. The fourth-order valence-corrected chi connectivity index (χ4v) is 1.43. The number of anilines is 1. The Morgan fingerprint density at radius 1 is 1.43 bits per heavy atom. The Labute approximate surface area is 88.4 Å². The maximum atomic E-state index is 11.3. The molecule has 0 fully saturated rings. The summed E-state index contributed by atoms with van der Waals surface area (Å²) in [6.07, 6.45) is 0. The molecule has 0 aliphatic heterocycles. The topological polar surface area (TPSA) is 29.1 Å². The molecule has 0 aliphatic carbocycles. The van der Waals surface area contributed by atoms with Crippen LogP contribution < -0.4 is 5.32 Å². The van der Waals surface area contributed by atoms with Gasteiger partial charge in [0.2, 0.25) is 0 Å². The second-order valence-corrected chi connectivity index (χ2v) is 3.97. The highest BCUT2D eigenvalue weighted by Gasteiger charge is 2.01. The van der Waals surface area contributed by atoms with Gasteiger partial charge in [0.05, 0.1) is 0 Å². The Balaban J connectivity index is 2.38. The van der Waals surface area contributed by atoms with Crippen molar-refractivity contribution >= 4 is 22.7 Å². The normalized spacial score (nSPS) is 9.50. The molecule has 3 heteroatoms. The van der Waals surface area contributed by atoms with Crippen molar-refractivity contribution in [2.45, 2.75) is 6.92 Å². The van der Waals surface area contributed by atoms with Gasteiger partial charge in [0, 0.05) is 11.4 Å². The monoisotopic (exact) mass is 207 g/mol. The van der Waals surface area contributed by atoms with Gasteiger partial charge in [-0.3, -0.25) is 4.79 Å². The zero-order chi connectivity index (χ0) is 10.4. The largest absolute Gasteiger partial charge is 0.317 e. The van der Waals surface area contributed by atoms with Crippen LogP contribution in [-0.4, -0.2) is 11.0 Å². The van der Waals surface area contributed by atoms with Gasteiger partial charge in [-0.2, -0.15) is 0 Å². The number of amides is 1. The van der Waals surface area contributed by atoms with E-state index in [0.29, 0.717) is 5.75 Å². The van der Waals surface area contributed by atoms with Crippen LogP contribution in [0.5, 0.6) is 0 Å². The van der Waals surface area contributed by atoms with Gasteiger partial charge in [-0.15, -0.1) is 0 Å². The van der Waals surface area contributed by atoms with Gasteiger partial charge in [-0.05, 0) is 19.1 Å². The van der Waals surface area contributed by atoms with Gasteiger partial charge in [-0.25, -0.2) is 0 Å². The predicted molar refractivity (Wildman–Crippen MR) is 62.7 cm³/mol. The summed E-state index contributed by atoms with van der Waals surface area (Å²) in [6.45, 7) is 5.64. The highest BCUT2D eigenvalue weighted by atomic mass is 32.2. The highest BCUT2D eigenvalue weighted by molar-refractivity contribution is 8.14. The number of para-hydroxylation sites is 1. The van der Waals surface area contributed by atoms with Gasteiger partial charge in [0.15, 0.2) is 0 Å². The van der Waals surface area contributed by atoms with Crippen LogP contribution in [0.15, 0.2) is 42.5 Å². The Bertz CT molecular complexity index is 321. The van der Waals surface area contributed by atoms with Crippen molar-refractivity contribution in [1.29, 1.82) is 0 Å². The van der Waals surface area contributed by atoms with E-state index in [-0.39, 0.29) is 5.24 Å². The highest BCUT2D eigenvalue weighted by Crippen LogP contribution is 2.12. The summed E-state index contributed by atoms with van der Waals surface area (Å²) in [5.41, 5.74) is 1.82. The molecule has 0 saturated heterocycles. The minimum absolute atomic E-state index is 0.0424. The Morgan fingerprint density at radius 3 is 2.64 bits per heavy atom. The van der Waals surface area contributed by atoms with Gasteiger partial charge in [-0.1, -0.05) is 42.1 Å². The van der Waals surface area contributed by atoms with Crippen LogP contribution in [0.3, 0.4) is 0 Å². The summed E-state index contributed by atoms with van der Waals surface area (Å²) in [6, 6.07) is 9.41. The molecule has 0 heterocycles. The summed E-state index contributed by atoms with van der Waals surface area (Å²) in [4.78, 5) is 11.3. The molecule has 0 unspecified atom stereocenters. The first kappa shape index (κ1) is 10.9. The average molecular weight is 207 g/mol. The van der Waals surface area contributed by atoms with Crippen molar-refractivity contribution in [1.82, 2.24) is 0 Å².